The molecular formula is C29H39NO6S. The Morgan fingerprint density at radius 2 is 1.70 bits per heavy atom. The highest BCUT2D eigenvalue weighted by molar-refractivity contribution is 7.91. The van der Waals surface area contributed by atoms with Crippen molar-refractivity contribution in [2.45, 2.75) is 64.2 Å². The number of carbonyl (C=O) groups excluding carboxylic acids is 1. The Hall–Kier alpha value is -3.00. The SMILES string of the molecule is CCCCC1(CCCC)CN(c2ccccc2)c2cc(OC)c(O/C=C\C(=O)OCC)cc2S(=O)(=O)C1. The quantitative estimate of drug-likeness (QED) is 0.178. The Morgan fingerprint density at radius 3 is 2.30 bits per heavy atom. The number of fused-ring (bicyclic) bond motifs is 1. The summed E-state index contributed by atoms with van der Waals surface area (Å²) in [5.41, 5.74) is 1.11. The molecule has 0 fully saturated rings. The molecule has 0 saturated heterocycles. The minimum atomic E-state index is -3.68. The van der Waals surface area contributed by atoms with Gasteiger partial charge in [-0.3, -0.25) is 0 Å². The smallest absolute Gasteiger partial charge is 0.333 e. The van der Waals surface area contributed by atoms with Gasteiger partial charge in [0.05, 0.1) is 42.4 Å². The van der Waals surface area contributed by atoms with Crippen LogP contribution in [0, 0.1) is 5.41 Å². The van der Waals surface area contributed by atoms with Crippen LogP contribution in [0.25, 0.3) is 0 Å². The number of hydrogen-bond donors (Lipinski definition) is 0. The van der Waals surface area contributed by atoms with Crippen molar-refractivity contribution in [1.82, 2.24) is 0 Å². The third kappa shape index (κ3) is 7.06. The van der Waals surface area contributed by atoms with E-state index < -0.39 is 21.2 Å². The van der Waals surface area contributed by atoms with Crippen molar-refractivity contribution in [3.63, 3.8) is 0 Å². The summed E-state index contributed by atoms with van der Waals surface area (Å²) in [7, 11) is -2.17. The first-order chi connectivity index (χ1) is 17.8. The van der Waals surface area contributed by atoms with E-state index in [2.05, 4.69) is 18.7 Å². The number of anilines is 2. The monoisotopic (exact) mass is 529 g/mol. The summed E-state index contributed by atoms with van der Waals surface area (Å²) in [6, 6.07) is 13.1. The van der Waals surface area contributed by atoms with Crippen LogP contribution in [0.4, 0.5) is 11.4 Å². The Morgan fingerprint density at radius 1 is 1.03 bits per heavy atom. The van der Waals surface area contributed by atoms with Crippen molar-refractivity contribution in [2.75, 3.05) is 30.9 Å². The fourth-order valence-electron chi connectivity index (χ4n) is 4.91. The number of sulfone groups is 1. The summed E-state index contributed by atoms with van der Waals surface area (Å²) < 4.78 is 44.2. The van der Waals surface area contributed by atoms with Gasteiger partial charge in [0.15, 0.2) is 21.3 Å². The molecule has 202 valence electrons. The van der Waals surface area contributed by atoms with Gasteiger partial charge < -0.3 is 19.1 Å². The molecule has 1 aliphatic rings. The molecule has 0 amide bonds. The molecule has 37 heavy (non-hydrogen) atoms. The van der Waals surface area contributed by atoms with Crippen LogP contribution in [-0.4, -0.2) is 40.4 Å². The Labute approximate surface area is 221 Å². The van der Waals surface area contributed by atoms with Crippen LogP contribution in [0.15, 0.2) is 59.7 Å². The fourth-order valence-corrected chi connectivity index (χ4v) is 7.03. The maximum absolute atomic E-state index is 14.0. The van der Waals surface area contributed by atoms with Gasteiger partial charge in [-0.1, -0.05) is 57.7 Å². The number of carbonyl (C=O) groups is 1. The van der Waals surface area contributed by atoms with Crippen molar-refractivity contribution in [3.8, 4) is 11.5 Å². The zero-order valence-electron chi connectivity index (χ0n) is 22.4. The number of hydrogen-bond acceptors (Lipinski definition) is 7. The topological polar surface area (TPSA) is 82.1 Å². The largest absolute Gasteiger partial charge is 0.493 e. The van der Waals surface area contributed by atoms with Crippen LogP contribution in [0.1, 0.15) is 59.3 Å². The van der Waals surface area contributed by atoms with Crippen LogP contribution in [-0.2, 0) is 19.4 Å². The van der Waals surface area contributed by atoms with Crippen LogP contribution in [0.3, 0.4) is 0 Å². The highest BCUT2D eigenvalue weighted by atomic mass is 32.2. The zero-order valence-corrected chi connectivity index (χ0v) is 23.2. The van der Waals surface area contributed by atoms with Gasteiger partial charge in [0.25, 0.3) is 0 Å². The lowest BCUT2D eigenvalue weighted by atomic mass is 9.79. The van der Waals surface area contributed by atoms with Gasteiger partial charge in [0.1, 0.15) is 0 Å². The van der Waals surface area contributed by atoms with E-state index >= 15 is 0 Å². The van der Waals surface area contributed by atoms with E-state index in [-0.39, 0.29) is 23.0 Å². The molecule has 0 spiro atoms. The number of esters is 1. The van der Waals surface area contributed by atoms with Gasteiger partial charge >= 0.3 is 5.97 Å². The standard InChI is InChI=1S/C29H39NO6S/c1-5-8-16-29(17-9-6-2)21-30(23-13-11-10-12-14-23)24-19-25(34-4)26(20-27(24)37(32,33)22-29)36-18-15-28(31)35-7-3/h10-15,18-20H,5-9,16-17,21-22H2,1-4H3/b18-15-. The molecule has 0 radical (unpaired) electrons. The van der Waals surface area contributed by atoms with Gasteiger partial charge in [-0.25, -0.2) is 13.2 Å². The highest BCUT2D eigenvalue weighted by Crippen LogP contribution is 2.48. The van der Waals surface area contributed by atoms with Crippen LogP contribution in [0.5, 0.6) is 11.5 Å². The average Bonchev–Trinajstić information content (AvgIpc) is 2.98. The predicted molar refractivity (Wildman–Crippen MR) is 146 cm³/mol. The summed E-state index contributed by atoms with van der Waals surface area (Å²) in [4.78, 5) is 14.0. The van der Waals surface area contributed by atoms with Crippen molar-refractivity contribution < 1.29 is 27.4 Å². The lowest BCUT2D eigenvalue weighted by Gasteiger charge is -2.37. The lowest BCUT2D eigenvalue weighted by Crippen LogP contribution is -2.38. The molecular weight excluding hydrogens is 490 g/mol. The molecule has 1 heterocycles. The summed E-state index contributed by atoms with van der Waals surface area (Å²) in [5.74, 6) is 0.113. The first kappa shape index (κ1) is 28.6. The number of rotatable bonds is 12. The van der Waals surface area contributed by atoms with Gasteiger partial charge in [-0.15, -0.1) is 0 Å². The molecule has 0 atom stereocenters. The second kappa shape index (κ2) is 13.0. The molecule has 0 aliphatic carbocycles. The molecule has 8 heteroatoms. The normalized spacial score (nSPS) is 16.2. The Bertz CT molecular complexity index is 1170. The molecule has 0 N–H and O–H groups in total. The molecule has 2 aromatic rings. The number of ether oxygens (including phenoxy) is 3. The van der Waals surface area contributed by atoms with Gasteiger partial charge in [-0.2, -0.15) is 0 Å². The fraction of sp³-hybridized carbons (Fsp3) is 0.483. The van der Waals surface area contributed by atoms with E-state index in [0.717, 1.165) is 50.3 Å². The molecule has 0 saturated carbocycles. The van der Waals surface area contributed by atoms with Crippen molar-refractivity contribution in [1.29, 1.82) is 0 Å². The number of nitrogens with zero attached hydrogens (tertiary/aromatic N) is 1. The van der Waals surface area contributed by atoms with Crippen molar-refractivity contribution in [3.05, 3.63) is 54.8 Å². The van der Waals surface area contributed by atoms with Crippen LogP contribution >= 0.6 is 0 Å². The van der Waals surface area contributed by atoms with Gasteiger partial charge in [0.2, 0.25) is 0 Å². The summed E-state index contributed by atoms with van der Waals surface area (Å²) in [6.07, 6.45) is 7.96. The second-order valence-corrected chi connectivity index (χ2v) is 11.5. The van der Waals surface area contributed by atoms with Crippen molar-refractivity contribution in [2.24, 2.45) is 5.41 Å². The first-order valence-corrected chi connectivity index (χ1v) is 14.7. The second-order valence-electron chi connectivity index (χ2n) is 9.53. The Kier molecular flexibility index (Phi) is 10.0. The van der Waals surface area contributed by atoms with Gasteiger partial charge in [0, 0.05) is 29.8 Å². The maximum atomic E-state index is 14.0. The average molecular weight is 530 g/mol. The van der Waals surface area contributed by atoms with Crippen molar-refractivity contribution >= 4 is 27.2 Å². The van der Waals surface area contributed by atoms with E-state index in [1.165, 1.54) is 19.4 Å². The van der Waals surface area contributed by atoms with E-state index in [9.17, 15) is 13.2 Å². The molecule has 7 nitrogen and oxygen atoms in total. The Balaban J connectivity index is 2.17. The number of benzene rings is 2. The van der Waals surface area contributed by atoms with Gasteiger partial charge in [-0.05, 0) is 31.9 Å². The third-order valence-electron chi connectivity index (χ3n) is 6.74. The predicted octanol–water partition coefficient (Wildman–Crippen LogP) is 6.44. The minimum absolute atomic E-state index is 0.0702. The molecule has 0 bridgehead atoms. The summed E-state index contributed by atoms with van der Waals surface area (Å²) >= 11 is 0. The maximum Gasteiger partial charge on any atom is 0.333 e. The first-order valence-electron chi connectivity index (χ1n) is 13.1. The molecule has 2 aromatic carbocycles. The molecule has 3 rings (SSSR count). The lowest BCUT2D eigenvalue weighted by molar-refractivity contribution is -0.137. The van der Waals surface area contributed by atoms with E-state index in [4.69, 9.17) is 14.2 Å². The minimum Gasteiger partial charge on any atom is -0.493 e. The van der Waals surface area contributed by atoms with E-state index in [1.54, 1.807) is 13.0 Å². The molecule has 0 unspecified atom stereocenters. The van der Waals surface area contributed by atoms with E-state index in [0.29, 0.717) is 18.0 Å². The highest BCUT2D eigenvalue weighted by Gasteiger charge is 2.42. The van der Waals surface area contributed by atoms with Crippen LogP contribution < -0.4 is 14.4 Å². The number of methoxy groups -OCH3 is 1. The summed E-state index contributed by atoms with van der Waals surface area (Å²) in [5, 5.41) is 0. The molecule has 1 aliphatic heterocycles. The summed E-state index contributed by atoms with van der Waals surface area (Å²) in [6.45, 7) is 6.83. The zero-order chi connectivity index (χ0) is 26.9. The number of unbranched alkanes of at least 4 members (excludes halogenated alkanes) is 2. The number of para-hydroxylation sites is 1. The molecule has 0 aromatic heterocycles. The third-order valence-corrected chi connectivity index (χ3v) is 8.73. The van der Waals surface area contributed by atoms with Crippen LogP contribution in [0.2, 0.25) is 0 Å². The van der Waals surface area contributed by atoms with E-state index in [1.807, 2.05) is 30.3 Å².